The molecule has 1 aliphatic rings. The van der Waals surface area contributed by atoms with Gasteiger partial charge in [-0.25, -0.2) is 13.4 Å². The molecule has 190 valence electrons. The Hall–Kier alpha value is -3.46. The number of nitrogens with zero attached hydrogens (tertiary/aromatic N) is 3. The molecule has 0 spiro atoms. The van der Waals surface area contributed by atoms with Crippen molar-refractivity contribution in [3.05, 3.63) is 58.1 Å². The lowest BCUT2D eigenvalue weighted by Crippen LogP contribution is -2.40. The Morgan fingerprint density at radius 2 is 1.89 bits per heavy atom. The maximum atomic E-state index is 12.7. The van der Waals surface area contributed by atoms with E-state index in [1.54, 1.807) is 12.1 Å². The maximum absolute atomic E-state index is 12.7. The first kappa shape index (κ1) is 25.6. The fourth-order valence-electron chi connectivity index (χ4n) is 3.46. The van der Waals surface area contributed by atoms with E-state index in [-0.39, 0.29) is 22.1 Å². The molecule has 14 heteroatoms. The zero-order valence-electron chi connectivity index (χ0n) is 18.9. The minimum atomic E-state index is -3.59. The number of hydrogen-bond donors (Lipinski definition) is 1. The summed E-state index contributed by atoms with van der Waals surface area (Å²) < 4.78 is 37.4. The summed E-state index contributed by atoms with van der Waals surface area (Å²) in [7, 11) is -3.59. The van der Waals surface area contributed by atoms with Gasteiger partial charge >= 0.3 is 5.97 Å². The number of sulfonamides is 1. The number of benzene rings is 2. The van der Waals surface area contributed by atoms with Gasteiger partial charge in [-0.2, -0.15) is 4.31 Å². The van der Waals surface area contributed by atoms with Crippen LogP contribution < -0.4 is 5.32 Å². The van der Waals surface area contributed by atoms with Crippen molar-refractivity contribution in [2.45, 2.75) is 17.7 Å². The predicted octanol–water partition coefficient (Wildman–Crippen LogP) is 2.34. The van der Waals surface area contributed by atoms with Gasteiger partial charge in [0.15, 0.2) is 11.7 Å². The van der Waals surface area contributed by atoms with Crippen LogP contribution in [0.2, 0.25) is 0 Å². The number of rotatable bonds is 9. The number of anilines is 1. The number of amides is 1. The predicted molar refractivity (Wildman–Crippen MR) is 130 cm³/mol. The molecule has 1 fully saturated rings. The molecule has 0 radical (unpaired) electrons. The van der Waals surface area contributed by atoms with E-state index in [0.29, 0.717) is 42.9 Å². The van der Waals surface area contributed by atoms with Crippen molar-refractivity contribution >= 4 is 54.3 Å². The molecule has 1 amide bonds. The van der Waals surface area contributed by atoms with Crippen molar-refractivity contribution in [3.63, 3.8) is 0 Å². The van der Waals surface area contributed by atoms with E-state index < -0.39 is 33.4 Å². The van der Waals surface area contributed by atoms with Crippen molar-refractivity contribution in [2.75, 3.05) is 38.2 Å². The molecule has 2 heterocycles. The van der Waals surface area contributed by atoms with Crippen molar-refractivity contribution in [3.8, 4) is 0 Å². The summed E-state index contributed by atoms with van der Waals surface area (Å²) in [5, 5.41) is 13.6. The molecule has 0 aliphatic carbocycles. The first-order valence-corrected chi connectivity index (χ1v) is 13.2. The van der Waals surface area contributed by atoms with Gasteiger partial charge in [0.05, 0.1) is 33.2 Å². The second-order valence-corrected chi connectivity index (χ2v) is 10.8. The highest BCUT2D eigenvalue weighted by Crippen LogP contribution is 2.29. The number of aryl methyl sites for hydroxylation is 1. The van der Waals surface area contributed by atoms with E-state index >= 15 is 0 Å². The van der Waals surface area contributed by atoms with E-state index in [9.17, 15) is 28.1 Å². The molecule has 4 rings (SSSR count). The topological polar surface area (TPSA) is 158 Å². The van der Waals surface area contributed by atoms with Gasteiger partial charge in [0.2, 0.25) is 10.0 Å². The number of carbonyl (C=O) groups excluding carboxylic acids is 2. The number of hydrogen-bond acceptors (Lipinski definition) is 10. The summed E-state index contributed by atoms with van der Waals surface area (Å²) in [6.07, 6.45) is 0.322. The summed E-state index contributed by atoms with van der Waals surface area (Å²) in [5.74, 6) is -1.18. The molecule has 12 nitrogen and oxygen atoms in total. The molecule has 1 aliphatic heterocycles. The number of nitro benzene ring substituents is 1. The largest absolute Gasteiger partial charge is 0.456 e. The number of esters is 1. The Balaban J connectivity index is 1.23. The van der Waals surface area contributed by atoms with Crippen molar-refractivity contribution < 1.29 is 32.4 Å². The number of nitro groups is 1. The Morgan fingerprint density at radius 1 is 1.17 bits per heavy atom. The summed E-state index contributed by atoms with van der Waals surface area (Å²) in [5.41, 5.74) is 1.17. The molecular weight excluding hydrogens is 512 g/mol. The number of fused-ring (bicyclic) bond motifs is 1. The average molecular weight is 535 g/mol. The first-order valence-electron chi connectivity index (χ1n) is 10.9. The van der Waals surface area contributed by atoms with E-state index in [0.717, 1.165) is 16.9 Å². The van der Waals surface area contributed by atoms with Crippen molar-refractivity contribution in [1.29, 1.82) is 0 Å². The monoisotopic (exact) mass is 534 g/mol. The fourth-order valence-corrected chi connectivity index (χ4v) is 5.79. The minimum Gasteiger partial charge on any atom is -0.456 e. The van der Waals surface area contributed by atoms with Gasteiger partial charge in [0.25, 0.3) is 11.6 Å². The Morgan fingerprint density at radius 3 is 2.58 bits per heavy atom. The highest BCUT2D eigenvalue weighted by Gasteiger charge is 2.26. The van der Waals surface area contributed by atoms with Gasteiger partial charge in [-0.05, 0) is 30.2 Å². The normalized spacial score (nSPS) is 14.4. The Kier molecular flexibility index (Phi) is 7.88. The second kappa shape index (κ2) is 11.1. The van der Waals surface area contributed by atoms with Gasteiger partial charge < -0.3 is 9.47 Å². The lowest BCUT2D eigenvalue weighted by atomic mass is 10.1. The highest BCUT2D eigenvalue weighted by atomic mass is 32.2. The van der Waals surface area contributed by atoms with Crippen LogP contribution in [0, 0.1) is 10.1 Å². The van der Waals surface area contributed by atoms with E-state index in [2.05, 4.69) is 10.3 Å². The second-order valence-electron chi connectivity index (χ2n) is 7.80. The zero-order valence-corrected chi connectivity index (χ0v) is 20.5. The third-order valence-electron chi connectivity index (χ3n) is 5.34. The van der Waals surface area contributed by atoms with Crippen LogP contribution >= 0.6 is 11.3 Å². The van der Waals surface area contributed by atoms with Crippen LogP contribution in [0.1, 0.15) is 12.0 Å². The summed E-state index contributed by atoms with van der Waals surface area (Å²) in [4.78, 5) is 38.9. The van der Waals surface area contributed by atoms with Gasteiger partial charge in [-0.15, -0.1) is 0 Å². The van der Waals surface area contributed by atoms with Gasteiger partial charge in [0, 0.05) is 31.6 Å². The van der Waals surface area contributed by atoms with Crippen LogP contribution in [0.5, 0.6) is 0 Å². The summed E-state index contributed by atoms with van der Waals surface area (Å²) in [6, 6.07) is 10.5. The number of carbonyl (C=O) groups is 2. The van der Waals surface area contributed by atoms with E-state index in [4.69, 9.17) is 9.47 Å². The van der Waals surface area contributed by atoms with E-state index in [1.807, 2.05) is 0 Å². The SMILES string of the molecule is O=C(COC(=O)CCc1ccc(S(=O)(=O)N2CCOCC2)cc1)Nc1nc2ccc([N+](=O)[O-])cc2s1. The smallest absolute Gasteiger partial charge is 0.306 e. The maximum Gasteiger partial charge on any atom is 0.306 e. The third-order valence-corrected chi connectivity index (χ3v) is 8.19. The Bertz CT molecular complexity index is 1380. The number of non-ortho nitro benzene ring substituents is 1. The fraction of sp³-hybridized carbons (Fsp3) is 0.318. The molecule has 1 N–H and O–H groups in total. The minimum absolute atomic E-state index is 0.00758. The van der Waals surface area contributed by atoms with Crippen LogP contribution in [0.3, 0.4) is 0 Å². The quantitative estimate of drug-likeness (QED) is 0.247. The number of nitrogens with one attached hydrogen (secondary N) is 1. The molecular formula is C22H22N4O8S2. The molecule has 0 atom stereocenters. The highest BCUT2D eigenvalue weighted by molar-refractivity contribution is 7.89. The lowest BCUT2D eigenvalue weighted by Gasteiger charge is -2.26. The molecule has 0 unspecified atom stereocenters. The van der Waals surface area contributed by atoms with E-state index in [1.165, 1.54) is 34.6 Å². The Labute approximate surface area is 210 Å². The molecule has 36 heavy (non-hydrogen) atoms. The van der Waals surface area contributed by atoms with Crippen LogP contribution in [-0.2, 0) is 35.5 Å². The van der Waals surface area contributed by atoms with Crippen molar-refractivity contribution in [2.24, 2.45) is 0 Å². The lowest BCUT2D eigenvalue weighted by molar-refractivity contribution is -0.384. The summed E-state index contributed by atoms with van der Waals surface area (Å²) >= 11 is 1.07. The number of thiazole rings is 1. The molecule has 1 saturated heterocycles. The van der Waals surface area contributed by atoms with Crippen LogP contribution in [-0.4, -0.2) is 67.4 Å². The van der Waals surface area contributed by atoms with Gasteiger partial charge in [0.1, 0.15) is 0 Å². The zero-order chi connectivity index (χ0) is 25.7. The molecule has 1 aromatic heterocycles. The van der Waals surface area contributed by atoms with Crippen LogP contribution in [0.15, 0.2) is 47.4 Å². The molecule has 0 bridgehead atoms. The standard InChI is InChI=1S/C22H22N4O8S2/c27-20(24-22-23-18-7-4-16(26(29)30)13-19(18)35-22)14-34-21(28)8-3-15-1-5-17(6-2-15)36(31,32)25-9-11-33-12-10-25/h1-2,4-7,13H,3,8-12,14H2,(H,23,24,27). The molecule has 2 aromatic carbocycles. The third kappa shape index (κ3) is 6.20. The van der Waals surface area contributed by atoms with Crippen LogP contribution in [0.4, 0.5) is 10.8 Å². The molecule has 3 aromatic rings. The summed E-state index contributed by atoms with van der Waals surface area (Å²) in [6.45, 7) is 0.841. The first-order chi connectivity index (χ1) is 17.2. The van der Waals surface area contributed by atoms with Gasteiger partial charge in [-0.3, -0.25) is 25.0 Å². The number of aromatic nitrogens is 1. The van der Waals surface area contributed by atoms with Crippen molar-refractivity contribution in [1.82, 2.24) is 9.29 Å². The van der Waals surface area contributed by atoms with Crippen LogP contribution in [0.25, 0.3) is 10.2 Å². The average Bonchev–Trinajstić information content (AvgIpc) is 3.28. The number of ether oxygens (including phenoxy) is 2. The molecule has 0 saturated carbocycles. The van der Waals surface area contributed by atoms with Gasteiger partial charge in [-0.1, -0.05) is 23.5 Å². The number of morpholine rings is 1.